The molecule has 154 valence electrons. The number of carbonyl (C=O) groups is 2. The third kappa shape index (κ3) is 4.02. The molecule has 1 aromatic carbocycles. The molecule has 0 spiro atoms. The topological polar surface area (TPSA) is 47.1 Å². The molecular weight excluding hydrogens is 352 g/mol. The summed E-state index contributed by atoms with van der Waals surface area (Å²) in [5.41, 5.74) is 2.83. The molecule has 1 aromatic rings. The first-order valence-electron chi connectivity index (χ1n) is 10.3. The number of hydrogen-bond donors (Lipinski definition) is 0. The highest BCUT2D eigenvalue weighted by Gasteiger charge is 2.42. The van der Waals surface area contributed by atoms with Crippen LogP contribution in [0.2, 0.25) is 0 Å². The van der Waals surface area contributed by atoms with Gasteiger partial charge in [0.25, 0.3) is 0 Å². The molecule has 0 saturated carbocycles. The van der Waals surface area contributed by atoms with Crippen molar-refractivity contribution in [2.75, 3.05) is 64.3 Å². The Hall–Kier alpha value is -2.08. The molecule has 2 aliphatic rings. The average molecular weight is 387 g/mol. The van der Waals surface area contributed by atoms with Crippen LogP contribution in [0.1, 0.15) is 25.0 Å². The van der Waals surface area contributed by atoms with Crippen molar-refractivity contribution >= 4 is 17.5 Å². The SMILES string of the molecule is Cc1cccc(N2CCN(C(=O)C(C)(C)C(=O)N3CCN(C)CC3)CC2)c1C. The quantitative estimate of drug-likeness (QED) is 0.743. The summed E-state index contributed by atoms with van der Waals surface area (Å²) in [6.45, 7) is 13.9. The van der Waals surface area contributed by atoms with Crippen molar-refractivity contribution in [2.24, 2.45) is 5.41 Å². The van der Waals surface area contributed by atoms with E-state index in [1.54, 1.807) is 13.8 Å². The van der Waals surface area contributed by atoms with Gasteiger partial charge in [-0.3, -0.25) is 9.59 Å². The second-order valence-corrected chi connectivity index (χ2v) is 8.72. The van der Waals surface area contributed by atoms with Gasteiger partial charge in [-0.25, -0.2) is 0 Å². The Morgan fingerprint density at radius 2 is 1.32 bits per heavy atom. The van der Waals surface area contributed by atoms with E-state index in [0.29, 0.717) is 26.2 Å². The molecule has 2 fully saturated rings. The number of hydrogen-bond acceptors (Lipinski definition) is 4. The van der Waals surface area contributed by atoms with Gasteiger partial charge in [-0.05, 0) is 51.9 Å². The normalized spacial score (nSPS) is 19.1. The Balaban J connectivity index is 1.62. The monoisotopic (exact) mass is 386 g/mol. The zero-order valence-corrected chi connectivity index (χ0v) is 18.0. The van der Waals surface area contributed by atoms with Crippen LogP contribution in [-0.4, -0.2) is 85.9 Å². The van der Waals surface area contributed by atoms with Crippen molar-refractivity contribution in [1.82, 2.24) is 14.7 Å². The molecule has 0 unspecified atom stereocenters. The summed E-state index contributed by atoms with van der Waals surface area (Å²) in [4.78, 5) is 34.5. The van der Waals surface area contributed by atoms with Gasteiger partial charge in [0.15, 0.2) is 0 Å². The summed E-state index contributed by atoms with van der Waals surface area (Å²) >= 11 is 0. The van der Waals surface area contributed by atoms with Crippen molar-refractivity contribution in [3.63, 3.8) is 0 Å². The Bertz CT molecular complexity index is 730. The Labute approximate surface area is 169 Å². The van der Waals surface area contributed by atoms with Crippen molar-refractivity contribution in [3.05, 3.63) is 29.3 Å². The molecule has 0 bridgehead atoms. The fraction of sp³-hybridized carbons (Fsp3) is 0.636. The van der Waals surface area contributed by atoms with E-state index in [0.717, 1.165) is 26.2 Å². The fourth-order valence-corrected chi connectivity index (χ4v) is 4.12. The van der Waals surface area contributed by atoms with Gasteiger partial charge in [-0.2, -0.15) is 0 Å². The summed E-state index contributed by atoms with van der Waals surface area (Å²) in [6, 6.07) is 6.37. The molecule has 0 aromatic heterocycles. The van der Waals surface area contributed by atoms with Gasteiger partial charge in [0.05, 0.1) is 0 Å². The van der Waals surface area contributed by atoms with E-state index in [-0.39, 0.29) is 11.8 Å². The Morgan fingerprint density at radius 3 is 1.86 bits per heavy atom. The molecule has 2 aliphatic heterocycles. The molecule has 2 heterocycles. The fourth-order valence-electron chi connectivity index (χ4n) is 4.12. The molecule has 28 heavy (non-hydrogen) atoms. The van der Waals surface area contributed by atoms with Gasteiger partial charge in [0, 0.05) is 58.0 Å². The summed E-state index contributed by atoms with van der Waals surface area (Å²) < 4.78 is 0. The van der Waals surface area contributed by atoms with Crippen molar-refractivity contribution in [3.8, 4) is 0 Å². The highest BCUT2D eigenvalue weighted by molar-refractivity contribution is 6.04. The minimum atomic E-state index is -1.00. The van der Waals surface area contributed by atoms with Gasteiger partial charge in [-0.1, -0.05) is 12.1 Å². The first-order valence-corrected chi connectivity index (χ1v) is 10.3. The van der Waals surface area contributed by atoms with Crippen LogP contribution in [0.25, 0.3) is 0 Å². The molecule has 0 atom stereocenters. The molecule has 2 amide bonds. The van der Waals surface area contributed by atoms with Gasteiger partial charge >= 0.3 is 0 Å². The van der Waals surface area contributed by atoms with Crippen molar-refractivity contribution in [1.29, 1.82) is 0 Å². The van der Waals surface area contributed by atoms with E-state index >= 15 is 0 Å². The van der Waals surface area contributed by atoms with Crippen LogP contribution in [0.3, 0.4) is 0 Å². The summed E-state index contributed by atoms with van der Waals surface area (Å²) in [5, 5.41) is 0. The smallest absolute Gasteiger partial charge is 0.237 e. The average Bonchev–Trinajstić information content (AvgIpc) is 2.69. The molecule has 0 aliphatic carbocycles. The van der Waals surface area contributed by atoms with E-state index in [9.17, 15) is 9.59 Å². The lowest BCUT2D eigenvalue weighted by atomic mass is 9.89. The minimum absolute atomic E-state index is 0.0393. The number of piperazine rings is 2. The van der Waals surface area contributed by atoms with Crippen LogP contribution >= 0.6 is 0 Å². The summed E-state index contributed by atoms with van der Waals surface area (Å²) in [7, 11) is 2.06. The van der Waals surface area contributed by atoms with Gasteiger partial charge in [0.1, 0.15) is 5.41 Å². The van der Waals surface area contributed by atoms with Gasteiger partial charge in [-0.15, -0.1) is 0 Å². The lowest BCUT2D eigenvalue weighted by Crippen LogP contribution is -2.58. The van der Waals surface area contributed by atoms with Crippen LogP contribution in [0.4, 0.5) is 5.69 Å². The van der Waals surface area contributed by atoms with E-state index < -0.39 is 5.41 Å². The highest BCUT2D eigenvalue weighted by atomic mass is 16.2. The number of likely N-dealkylation sites (N-methyl/N-ethyl adjacent to an activating group) is 1. The number of nitrogens with zero attached hydrogens (tertiary/aromatic N) is 4. The summed E-state index contributed by atoms with van der Waals surface area (Å²) in [5.74, 6) is -0.0837. The zero-order valence-electron chi connectivity index (χ0n) is 18.0. The molecule has 3 rings (SSSR count). The molecular formula is C22H34N4O2. The zero-order chi connectivity index (χ0) is 20.5. The Kier molecular flexibility index (Phi) is 5.98. The lowest BCUT2D eigenvalue weighted by Gasteiger charge is -2.41. The molecule has 0 N–H and O–H groups in total. The number of aryl methyl sites for hydroxylation is 1. The lowest BCUT2D eigenvalue weighted by molar-refractivity contribution is -0.155. The molecule has 6 nitrogen and oxygen atoms in total. The predicted molar refractivity (Wildman–Crippen MR) is 113 cm³/mol. The molecule has 0 radical (unpaired) electrons. The second-order valence-electron chi connectivity index (χ2n) is 8.72. The van der Waals surface area contributed by atoms with Crippen LogP contribution < -0.4 is 4.90 Å². The first kappa shape index (κ1) is 20.6. The number of rotatable bonds is 3. The van der Waals surface area contributed by atoms with E-state index in [1.165, 1.54) is 16.8 Å². The van der Waals surface area contributed by atoms with Crippen LogP contribution in [0.15, 0.2) is 18.2 Å². The second kappa shape index (κ2) is 8.11. The first-order chi connectivity index (χ1) is 13.2. The maximum Gasteiger partial charge on any atom is 0.237 e. The van der Waals surface area contributed by atoms with Crippen LogP contribution in [0.5, 0.6) is 0 Å². The third-order valence-electron chi connectivity index (χ3n) is 6.34. The van der Waals surface area contributed by atoms with E-state index in [2.05, 4.69) is 48.9 Å². The largest absolute Gasteiger partial charge is 0.368 e. The highest BCUT2D eigenvalue weighted by Crippen LogP contribution is 2.27. The maximum absolute atomic E-state index is 13.2. The Morgan fingerprint density at radius 1 is 0.821 bits per heavy atom. The predicted octanol–water partition coefficient (Wildman–Crippen LogP) is 1.75. The third-order valence-corrected chi connectivity index (χ3v) is 6.34. The van der Waals surface area contributed by atoms with E-state index in [1.807, 2.05) is 9.80 Å². The molecule has 2 saturated heterocycles. The van der Waals surface area contributed by atoms with Crippen LogP contribution in [-0.2, 0) is 9.59 Å². The van der Waals surface area contributed by atoms with Crippen molar-refractivity contribution in [2.45, 2.75) is 27.7 Å². The molecule has 6 heteroatoms. The van der Waals surface area contributed by atoms with E-state index in [4.69, 9.17) is 0 Å². The number of anilines is 1. The standard InChI is InChI=1S/C22H34N4O2/c1-17-7-6-8-19(18(17)2)24-13-15-26(16-14-24)21(28)22(3,4)20(27)25-11-9-23(5)10-12-25/h6-8H,9-16H2,1-5H3. The number of carbonyl (C=O) groups excluding carboxylic acids is 2. The van der Waals surface area contributed by atoms with Gasteiger partial charge in [0.2, 0.25) is 11.8 Å². The maximum atomic E-state index is 13.2. The number of benzene rings is 1. The summed E-state index contributed by atoms with van der Waals surface area (Å²) in [6.07, 6.45) is 0. The number of amides is 2. The van der Waals surface area contributed by atoms with Crippen LogP contribution in [0, 0.1) is 19.3 Å². The minimum Gasteiger partial charge on any atom is -0.368 e. The van der Waals surface area contributed by atoms with Crippen molar-refractivity contribution < 1.29 is 9.59 Å². The van der Waals surface area contributed by atoms with Gasteiger partial charge < -0.3 is 19.6 Å².